The molecule has 0 bridgehead atoms. The van der Waals surface area contributed by atoms with E-state index in [-0.39, 0.29) is 11.8 Å². The summed E-state index contributed by atoms with van der Waals surface area (Å²) in [5.41, 5.74) is 4.18. The van der Waals surface area contributed by atoms with Crippen LogP contribution in [0.15, 0.2) is 73.2 Å². The fourth-order valence-corrected chi connectivity index (χ4v) is 5.07. The second kappa shape index (κ2) is 9.67. The van der Waals surface area contributed by atoms with Crippen molar-refractivity contribution >= 4 is 22.8 Å². The highest BCUT2D eigenvalue weighted by Crippen LogP contribution is 2.38. The molecule has 1 atom stereocenters. The van der Waals surface area contributed by atoms with Crippen LogP contribution < -0.4 is 4.90 Å². The highest BCUT2D eigenvalue weighted by atomic mass is 16.2. The van der Waals surface area contributed by atoms with Crippen LogP contribution in [0.25, 0.3) is 27.8 Å². The number of hydrogen-bond donors (Lipinski definition) is 0. The van der Waals surface area contributed by atoms with Gasteiger partial charge in [-0.15, -0.1) is 0 Å². The number of hydrogen-bond acceptors (Lipinski definition) is 4. The van der Waals surface area contributed by atoms with Gasteiger partial charge >= 0.3 is 0 Å². The van der Waals surface area contributed by atoms with Crippen LogP contribution in [0.5, 0.6) is 0 Å². The largest absolute Gasteiger partial charge is 0.355 e. The average Bonchev–Trinajstić information content (AvgIpc) is 3.30. The summed E-state index contributed by atoms with van der Waals surface area (Å²) in [6.45, 7) is 7.18. The molecule has 6 nitrogen and oxygen atoms in total. The second-order valence-electron chi connectivity index (χ2n) is 8.81. The van der Waals surface area contributed by atoms with Gasteiger partial charge in [-0.25, -0.2) is 9.97 Å². The number of rotatable bonds is 6. The van der Waals surface area contributed by atoms with Crippen LogP contribution in [0, 0.1) is 5.92 Å². The zero-order valence-corrected chi connectivity index (χ0v) is 19.9. The third-order valence-electron chi connectivity index (χ3n) is 6.83. The van der Waals surface area contributed by atoms with Crippen LogP contribution in [0.1, 0.15) is 26.7 Å². The topological polar surface area (TPSA) is 54.3 Å². The molecule has 1 fully saturated rings. The Bertz CT molecular complexity index is 1260. The molecule has 0 aliphatic carbocycles. The van der Waals surface area contributed by atoms with E-state index in [9.17, 15) is 4.79 Å². The van der Waals surface area contributed by atoms with Crippen molar-refractivity contribution in [2.45, 2.75) is 26.7 Å². The summed E-state index contributed by atoms with van der Waals surface area (Å²) in [5.74, 6) is 1.16. The summed E-state index contributed by atoms with van der Waals surface area (Å²) in [6, 6.07) is 20.7. The minimum absolute atomic E-state index is 0.00458. The second-order valence-corrected chi connectivity index (χ2v) is 8.81. The molecule has 1 aliphatic heterocycles. The van der Waals surface area contributed by atoms with Crippen molar-refractivity contribution in [2.75, 3.05) is 31.1 Å². The molecule has 1 amide bonds. The summed E-state index contributed by atoms with van der Waals surface area (Å²) in [6.07, 6.45) is 5.72. The number of amides is 1. The maximum absolute atomic E-state index is 13.1. The van der Waals surface area contributed by atoms with E-state index in [1.54, 1.807) is 6.33 Å². The standard InChI is InChI=1S/C28H31N5O/c1-3-31(4-2)28(34)22-14-11-17-32(18-22)26-25-24(21-12-7-5-8-13-21)19-33(27(25)30-20-29-26)23-15-9-6-10-16-23/h5-10,12-13,15-16,19-20,22H,3-4,11,14,17-18H2,1-2H3. The smallest absolute Gasteiger partial charge is 0.227 e. The molecule has 0 N–H and O–H groups in total. The van der Waals surface area contributed by atoms with Crippen molar-refractivity contribution in [1.29, 1.82) is 0 Å². The number of para-hydroxylation sites is 1. The van der Waals surface area contributed by atoms with E-state index < -0.39 is 0 Å². The number of aromatic nitrogens is 3. The van der Waals surface area contributed by atoms with Crippen molar-refractivity contribution in [1.82, 2.24) is 19.4 Å². The fraction of sp³-hybridized carbons (Fsp3) is 0.321. The maximum atomic E-state index is 13.1. The molecule has 1 aliphatic rings. The molecular formula is C28H31N5O. The van der Waals surface area contributed by atoms with Gasteiger partial charge in [-0.3, -0.25) is 4.79 Å². The van der Waals surface area contributed by atoms with Crippen molar-refractivity contribution in [3.63, 3.8) is 0 Å². The first-order valence-electron chi connectivity index (χ1n) is 12.2. The molecular weight excluding hydrogens is 422 g/mol. The van der Waals surface area contributed by atoms with Crippen LogP contribution in [0.2, 0.25) is 0 Å². The molecule has 4 aromatic rings. The van der Waals surface area contributed by atoms with Gasteiger partial charge in [0.25, 0.3) is 0 Å². The lowest BCUT2D eigenvalue weighted by Crippen LogP contribution is -2.45. The van der Waals surface area contributed by atoms with Gasteiger partial charge in [-0.1, -0.05) is 48.5 Å². The third-order valence-corrected chi connectivity index (χ3v) is 6.83. The van der Waals surface area contributed by atoms with Crippen LogP contribution in [-0.2, 0) is 4.79 Å². The van der Waals surface area contributed by atoms with Gasteiger partial charge in [0.1, 0.15) is 12.1 Å². The molecule has 1 unspecified atom stereocenters. The van der Waals surface area contributed by atoms with E-state index in [2.05, 4.69) is 52.1 Å². The summed E-state index contributed by atoms with van der Waals surface area (Å²) in [4.78, 5) is 26.9. The van der Waals surface area contributed by atoms with E-state index in [0.29, 0.717) is 6.54 Å². The first-order chi connectivity index (χ1) is 16.7. The number of anilines is 1. The Labute approximate surface area is 200 Å². The number of fused-ring (bicyclic) bond motifs is 1. The van der Waals surface area contributed by atoms with Gasteiger partial charge in [-0.05, 0) is 44.4 Å². The van der Waals surface area contributed by atoms with Crippen molar-refractivity contribution in [2.24, 2.45) is 5.92 Å². The van der Waals surface area contributed by atoms with Gasteiger partial charge in [-0.2, -0.15) is 0 Å². The Balaban J connectivity index is 1.62. The molecule has 5 rings (SSSR count). The molecule has 2 aromatic heterocycles. The molecule has 6 heteroatoms. The van der Waals surface area contributed by atoms with Gasteiger partial charge in [0.2, 0.25) is 5.91 Å². The molecule has 174 valence electrons. The van der Waals surface area contributed by atoms with Crippen LogP contribution in [0.3, 0.4) is 0 Å². The summed E-state index contributed by atoms with van der Waals surface area (Å²) in [7, 11) is 0. The molecule has 0 spiro atoms. The monoisotopic (exact) mass is 453 g/mol. The molecule has 0 saturated carbocycles. The minimum atomic E-state index is -0.00458. The highest BCUT2D eigenvalue weighted by molar-refractivity contribution is 6.02. The maximum Gasteiger partial charge on any atom is 0.227 e. The predicted molar refractivity (Wildman–Crippen MR) is 137 cm³/mol. The summed E-state index contributed by atoms with van der Waals surface area (Å²) < 4.78 is 2.14. The normalized spacial score (nSPS) is 16.1. The van der Waals surface area contributed by atoms with Gasteiger partial charge in [0, 0.05) is 43.6 Å². The first-order valence-corrected chi connectivity index (χ1v) is 12.2. The Morgan fingerprint density at radius 2 is 1.71 bits per heavy atom. The third kappa shape index (κ3) is 4.04. The lowest BCUT2D eigenvalue weighted by atomic mass is 9.96. The number of nitrogens with zero attached hydrogens (tertiary/aromatic N) is 5. The lowest BCUT2D eigenvalue weighted by molar-refractivity contribution is -0.135. The van der Waals surface area contributed by atoms with E-state index in [0.717, 1.165) is 66.1 Å². The van der Waals surface area contributed by atoms with Crippen molar-refractivity contribution in [3.8, 4) is 16.8 Å². The van der Waals surface area contributed by atoms with Gasteiger partial charge in [0.15, 0.2) is 5.65 Å². The van der Waals surface area contributed by atoms with E-state index in [1.807, 2.05) is 43.0 Å². The molecule has 1 saturated heterocycles. The Hall–Kier alpha value is -3.67. The number of carbonyl (C=O) groups excluding carboxylic acids is 1. The van der Waals surface area contributed by atoms with E-state index in [4.69, 9.17) is 9.97 Å². The Kier molecular flexibility index (Phi) is 6.30. The molecule has 3 heterocycles. The predicted octanol–water partition coefficient (Wildman–Crippen LogP) is 5.17. The molecule has 34 heavy (non-hydrogen) atoms. The summed E-state index contributed by atoms with van der Waals surface area (Å²) >= 11 is 0. The first kappa shape index (κ1) is 22.1. The van der Waals surface area contributed by atoms with Crippen LogP contribution >= 0.6 is 0 Å². The Morgan fingerprint density at radius 1 is 1.00 bits per heavy atom. The minimum Gasteiger partial charge on any atom is -0.355 e. The average molecular weight is 454 g/mol. The van der Waals surface area contributed by atoms with E-state index in [1.165, 1.54) is 0 Å². The van der Waals surface area contributed by atoms with Crippen LogP contribution in [0.4, 0.5) is 5.82 Å². The lowest BCUT2D eigenvalue weighted by Gasteiger charge is -2.35. The molecule has 0 radical (unpaired) electrons. The van der Waals surface area contributed by atoms with Crippen LogP contribution in [-0.4, -0.2) is 51.5 Å². The fourth-order valence-electron chi connectivity index (χ4n) is 5.07. The number of piperidine rings is 1. The molecule has 2 aromatic carbocycles. The highest BCUT2D eigenvalue weighted by Gasteiger charge is 2.30. The zero-order valence-electron chi connectivity index (χ0n) is 19.9. The Morgan fingerprint density at radius 3 is 2.41 bits per heavy atom. The van der Waals surface area contributed by atoms with Gasteiger partial charge in [0.05, 0.1) is 11.3 Å². The quantitative estimate of drug-likeness (QED) is 0.404. The van der Waals surface area contributed by atoms with E-state index >= 15 is 0 Å². The summed E-state index contributed by atoms with van der Waals surface area (Å²) in [5, 5.41) is 1.04. The SMILES string of the molecule is CCN(CC)C(=O)C1CCCN(c2ncnc3c2c(-c2ccccc2)cn3-c2ccccc2)C1. The van der Waals surface area contributed by atoms with Gasteiger partial charge < -0.3 is 14.4 Å². The van der Waals surface area contributed by atoms with Crippen molar-refractivity contribution in [3.05, 3.63) is 73.2 Å². The number of benzene rings is 2. The number of carbonyl (C=O) groups is 1. The van der Waals surface area contributed by atoms with Crippen molar-refractivity contribution < 1.29 is 4.79 Å². The zero-order chi connectivity index (χ0) is 23.5.